The van der Waals surface area contributed by atoms with Gasteiger partial charge in [-0.05, 0) is 32.3 Å². The highest BCUT2D eigenvalue weighted by Gasteiger charge is 2.35. The van der Waals surface area contributed by atoms with Crippen molar-refractivity contribution >= 4 is 23.5 Å². The molecule has 188 valence electrons. The van der Waals surface area contributed by atoms with Crippen molar-refractivity contribution in [2.75, 3.05) is 26.2 Å². The number of hydrogen-bond donors (Lipinski definition) is 2. The number of piperazine rings is 1. The molecule has 34 heavy (non-hydrogen) atoms. The summed E-state index contributed by atoms with van der Waals surface area (Å²) in [5.41, 5.74) is 0.461. The number of nitro benzene ring substituents is 1. The molecule has 2 rings (SSSR count). The molecule has 0 aliphatic carbocycles. The van der Waals surface area contributed by atoms with Crippen LogP contribution in [-0.4, -0.2) is 70.8 Å². The SMILES string of the molecule is CCCCNC(=O)N1CCN(C(=O)C(NC(=O)c2ccc(C)c([N+](=O)[O-])c2)C(C)CC)CC1C. The van der Waals surface area contributed by atoms with Crippen LogP contribution in [0.25, 0.3) is 0 Å². The molecule has 0 saturated carbocycles. The van der Waals surface area contributed by atoms with Gasteiger partial charge in [-0.3, -0.25) is 19.7 Å². The first-order valence-corrected chi connectivity index (χ1v) is 12.0. The van der Waals surface area contributed by atoms with Gasteiger partial charge in [0.15, 0.2) is 0 Å². The third kappa shape index (κ3) is 6.68. The number of benzene rings is 1. The molecule has 3 atom stereocenters. The lowest BCUT2D eigenvalue weighted by atomic mass is 9.96. The van der Waals surface area contributed by atoms with Crippen molar-refractivity contribution in [1.82, 2.24) is 20.4 Å². The molecule has 1 fully saturated rings. The molecule has 1 heterocycles. The number of aryl methyl sites for hydroxylation is 1. The van der Waals surface area contributed by atoms with Crippen LogP contribution in [0.5, 0.6) is 0 Å². The third-order valence-electron chi connectivity index (χ3n) is 6.44. The molecule has 10 heteroatoms. The van der Waals surface area contributed by atoms with Crippen molar-refractivity contribution in [3.05, 3.63) is 39.4 Å². The number of hydrogen-bond acceptors (Lipinski definition) is 5. The molecule has 1 aromatic carbocycles. The smallest absolute Gasteiger partial charge is 0.317 e. The third-order valence-corrected chi connectivity index (χ3v) is 6.44. The normalized spacial score (nSPS) is 17.6. The van der Waals surface area contributed by atoms with Gasteiger partial charge < -0.3 is 20.4 Å². The maximum absolute atomic E-state index is 13.4. The first kappa shape index (κ1) is 27.1. The molecule has 0 spiro atoms. The van der Waals surface area contributed by atoms with E-state index in [1.54, 1.807) is 16.7 Å². The molecule has 0 radical (unpaired) electrons. The lowest BCUT2D eigenvalue weighted by Gasteiger charge is -2.41. The number of carbonyl (C=O) groups excluding carboxylic acids is 3. The van der Waals surface area contributed by atoms with Crippen molar-refractivity contribution in [3.8, 4) is 0 Å². The van der Waals surface area contributed by atoms with Crippen molar-refractivity contribution in [2.24, 2.45) is 5.92 Å². The van der Waals surface area contributed by atoms with Crippen LogP contribution in [0, 0.1) is 23.0 Å². The first-order chi connectivity index (χ1) is 16.1. The largest absolute Gasteiger partial charge is 0.340 e. The average Bonchev–Trinajstić information content (AvgIpc) is 2.81. The van der Waals surface area contributed by atoms with Crippen LogP contribution in [0.2, 0.25) is 0 Å². The molecular weight excluding hydrogens is 438 g/mol. The summed E-state index contributed by atoms with van der Waals surface area (Å²) in [6, 6.07) is 3.23. The van der Waals surface area contributed by atoms with Gasteiger partial charge in [-0.15, -0.1) is 0 Å². The number of amides is 4. The minimum atomic E-state index is -0.769. The van der Waals surface area contributed by atoms with Gasteiger partial charge in [-0.2, -0.15) is 0 Å². The maximum atomic E-state index is 13.4. The van der Waals surface area contributed by atoms with E-state index in [0.717, 1.165) is 12.8 Å². The molecule has 1 aliphatic rings. The Labute approximate surface area is 201 Å². The van der Waals surface area contributed by atoms with E-state index in [9.17, 15) is 24.5 Å². The number of nitrogens with zero attached hydrogens (tertiary/aromatic N) is 3. The summed E-state index contributed by atoms with van der Waals surface area (Å²) in [5, 5.41) is 17.0. The van der Waals surface area contributed by atoms with E-state index in [-0.39, 0.29) is 35.1 Å². The minimum Gasteiger partial charge on any atom is -0.340 e. The van der Waals surface area contributed by atoms with E-state index in [4.69, 9.17) is 0 Å². The number of rotatable bonds is 9. The molecule has 4 amide bonds. The van der Waals surface area contributed by atoms with E-state index in [1.807, 2.05) is 20.8 Å². The lowest BCUT2D eigenvalue weighted by molar-refractivity contribution is -0.385. The van der Waals surface area contributed by atoms with Crippen LogP contribution in [0.15, 0.2) is 18.2 Å². The Morgan fingerprint density at radius 1 is 1.24 bits per heavy atom. The molecular formula is C24H37N5O5. The van der Waals surface area contributed by atoms with E-state index < -0.39 is 16.9 Å². The van der Waals surface area contributed by atoms with Crippen molar-refractivity contribution in [3.63, 3.8) is 0 Å². The minimum absolute atomic E-state index is 0.124. The summed E-state index contributed by atoms with van der Waals surface area (Å²) >= 11 is 0. The monoisotopic (exact) mass is 475 g/mol. The van der Waals surface area contributed by atoms with Crippen LogP contribution >= 0.6 is 0 Å². The summed E-state index contributed by atoms with van der Waals surface area (Å²) in [6.07, 6.45) is 2.58. The van der Waals surface area contributed by atoms with Gasteiger partial charge in [0.05, 0.1) is 4.92 Å². The highest BCUT2D eigenvalue weighted by molar-refractivity contribution is 5.98. The second-order valence-corrected chi connectivity index (χ2v) is 9.01. The zero-order chi connectivity index (χ0) is 25.4. The standard InChI is InChI=1S/C24H37N5O5/c1-6-8-11-25-24(32)28-13-12-27(15-18(28)5)23(31)21(16(3)7-2)26-22(30)19-10-9-17(4)20(14-19)29(33)34/h9-10,14,16,18,21H,6-8,11-13,15H2,1-5H3,(H,25,32)(H,26,30). The van der Waals surface area contributed by atoms with Gasteiger partial charge in [0, 0.05) is 49.4 Å². The van der Waals surface area contributed by atoms with Crippen LogP contribution in [-0.2, 0) is 4.79 Å². The average molecular weight is 476 g/mol. The van der Waals surface area contributed by atoms with E-state index in [0.29, 0.717) is 38.2 Å². The second kappa shape index (κ2) is 12.3. The Morgan fingerprint density at radius 2 is 1.94 bits per heavy atom. The summed E-state index contributed by atoms with van der Waals surface area (Å²) in [7, 11) is 0. The van der Waals surface area contributed by atoms with Crippen LogP contribution < -0.4 is 10.6 Å². The van der Waals surface area contributed by atoms with E-state index >= 15 is 0 Å². The number of unbranched alkanes of at least 4 members (excludes halogenated alkanes) is 1. The highest BCUT2D eigenvalue weighted by Crippen LogP contribution is 2.21. The molecule has 10 nitrogen and oxygen atoms in total. The Balaban J connectivity index is 2.10. The number of nitro groups is 1. The Morgan fingerprint density at radius 3 is 2.53 bits per heavy atom. The summed E-state index contributed by atoms with van der Waals surface area (Å²) in [6.45, 7) is 11.2. The fraction of sp³-hybridized carbons (Fsp3) is 0.625. The molecule has 1 aliphatic heterocycles. The van der Waals surface area contributed by atoms with Crippen molar-refractivity contribution in [2.45, 2.75) is 66.0 Å². The van der Waals surface area contributed by atoms with Gasteiger partial charge in [0.25, 0.3) is 11.6 Å². The first-order valence-electron chi connectivity index (χ1n) is 12.0. The topological polar surface area (TPSA) is 125 Å². The van der Waals surface area contributed by atoms with E-state index in [1.165, 1.54) is 18.2 Å². The molecule has 2 N–H and O–H groups in total. The molecule has 3 unspecified atom stereocenters. The van der Waals surface area contributed by atoms with Crippen molar-refractivity contribution < 1.29 is 19.3 Å². The molecule has 0 aromatic heterocycles. The molecule has 1 saturated heterocycles. The van der Waals surface area contributed by atoms with E-state index in [2.05, 4.69) is 17.6 Å². The van der Waals surface area contributed by atoms with Gasteiger partial charge >= 0.3 is 6.03 Å². The molecule has 1 aromatic rings. The number of carbonyl (C=O) groups is 3. The maximum Gasteiger partial charge on any atom is 0.317 e. The van der Waals surface area contributed by atoms with Gasteiger partial charge in [0.1, 0.15) is 6.04 Å². The molecule has 0 bridgehead atoms. The number of urea groups is 1. The highest BCUT2D eigenvalue weighted by atomic mass is 16.6. The fourth-order valence-corrected chi connectivity index (χ4v) is 3.98. The fourth-order valence-electron chi connectivity index (χ4n) is 3.98. The van der Waals surface area contributed by atoms with Crippen LogP contribution in [0.1, 0.15) is 62.9 Å². The van der Waals surface area contributed by atoms with Crippen LogP contribution in [0.3, 0.4) is 0 Å². The van der Waals surface area contributed by atoms with Crippen molar-refractivity contribution in [1.29, 1.82) is 0 Å². The quantitative estimate of drug-likeness (QED) is 0.323. The zero-order valence-corrected chi connectivity index (χ0v) is 20.8. The Hall–Kier alpha value is -3.17. The van der Waals surface area contributed by atoms with Gasteiger partial charge in [-0.1, -0.05) is 39.7 Å². The summed E-state index contributed by atoms with van der Waals surface area (Å²) < 4.78 is 0. The Kier molecular flexibility index (Phi) is 9.83. The Bertz CT molecular complexity index is 906. The van der Waals surface area contributed by atoms with Gasteiger partial charge in [-0.25, -0.2) is 4.79 Å². The zero-order valence-electron chi connectivity index (χ0n) is 20.8. The summed E-state index contributed by atoms with van der Waals surface area (Å²) in [5.74, 6) is -0.867. The number of nitrogens with one attached hydrogen (secondary N) is 2. The predicted molar refractivity (Wildman–Crippen MR) is 130 cm³/mol. The second-order valence-electron chi connectivity index (χ2n) is 9.01. The van der Waals surface area contributed by atoms with Gasteiger partial charge in [0.2, 0.25) is 5.91 Å². The lowest BCUT2D eigenvalue weighted by Crippen LogP contribution is -2.61. The predicted octanol–water partition coefficient (Wildman–Crippen LogP) is 3.09. The summed E-state index contributed by atoms with van der Waals surface area (Å²) in [4.78, 5) is 52.9. The van der Waals surface area contributed by atoms with Crippen LogP contribution in [0.4, 0.5) is 10.5 Å².